The van der Waals surface area contributed by atoms with Gasteiger partial charge in [-0.2, -0.15) is 0 Å². The summed E-state index contributed by atoms with van der Waals surface area (Å²) in [7, 11) is 0. The van der Waals surface area contributed by atoms with E-state index in [0.29, 0.717) is 17.3 Å². The Morgan fingerprint density at radius 2 is 1.96 bits per heavy atom. The molecule has 1 aromatic carbocycles. The van der Waals surface area contributed by atoms with E-state index < -0.39 is 0 Å². The van der Waals surface area contributed by atoms with Gasteiger partial charge in [-0.05, 0) is 56.0 Å². The molecule has 2 amide bonds. The Morgan fingerprint density at radius 1 is 1.15 bits per heavy atom. The van der Waals surface area contributed by atoms with E-state index in [1.807, 2.05) is 32.0 Å². The van der Waals surface area contributed by atoms with Crippen LogP contribution in [0.15, 0.2) is 36.5 Å². The second-order valence-electron chi connectivity index (χ2n) is 6.65. The lowest BCUT2D eigenvalue weighted by molar-refractivity contribution is -0.122. The second-order valence-corrected chi connectivity index (χ2v) is 6.65. The molecule has 0 aliphatic heterocycles. The number of aromatic nitrogens is 1. The lowest BCUT2D eigenvalue weighted by Gasteiger charge is -2.23. The highest BCUT2D eigenvalue weighted by molar-refractivity contribution is 5.93. The van der Waals surface area contributed by atoms with Gasteiger partial charge in [-0.3, -0.25) is 9.59 Å². The number of ether oxygens (including phenoxy) is 1. The number of hydrogen-bond acceptors (Lipinski definition) is 4. The minimum Gasteiger partial charge on any atom is -0.483 e. The van der Waals surface area contributed by atoms with Crippen molar-refractivity contribution in [2.45, 2.75) is 33.1 Å². The Balaban J connectivity index is 1.49. The van der Waals surface area contributed by atoms with Crippen LogP contribution in [0.25, 0.3) is 0 Å². The Kier molecular flexibility index (Phi) is 5.51. The van der Waals surface area contributed by atoms with Crippen molar-refractivity contribution in [1.29, 1.82) is 0 Å². The number of benzene rings is 1. The summed E-state index contributed by atoms with van der Waals surface area (Å²) in [5.41, 5.74) is 2.69. The molecule has 2 aromatic rings. The fourth-order valence-corrected chi connectivity index (χ4v) is 2.64. The molecule has 1 aliphatic rings. The monoisotopic (exact) mass is 353 g/mol. The van der Waals surface area contributed by atoms with E-state index in [9.17, 15) is 9.59 Å². The predicted molar refractivity (Wildman–Crippen MR) is 100 cm³/mol. The van der Waals surface area contributed by atoms with Crippen molar-refractivity contribution < 1.29 is 14.3 Å². The molecule has 1 saturated carbocycles. The lowest BCUT2D eigenvalue weighted by atomic mass is 9.85. The normalized spacial score (nSPS) is 13.6. The van der Waals surface area contributed by atoms with Crippen LogP contribution in [0.4, 0.5) is 11.5 Å². The zero-order valence-electron chi connectivity index (χ0n) is 15.0. The maximum absolute atomic E-state index is 12.0. The summed E-state index contributed by atoms with van der Waals surface area (Å²) >= 11 is 0. The number of carbonyl (C=O) groups excluding carboxylic acids is 2. The van der Waals surface area contributed by atoms with Gasteiger partial charge in [0, 0.05) is 5.92 Å². The highest BCUT2D eigenvalue weighted by Crippen LogP contribution is 2.27. The Morgan fingerprint density at radius 3 is 2.62 bits per heavy atom. The molecule has 6 nitrogen and oxygen atoms in total. The molecule has 0 saturated heterocycles. The molecular formula is C20H23N3O3. The van der Waals surface area contributed by atoms with E-state index in [-0.39, 0.29) is 24.3 Å². The van der Waals surface area contributed by atoms with Crippen LogP contribution in [-0.2, 0) is 9.59 Å². The first-order valence-corrected chi connectivity index (χ1v) is 8.78. The molecular weight excluding hydrogens is 330 g/mol. The topological polar surface area (TPSA) is 80.3 Å². The van der Waals surface area contributed by atoms with Gasteiger partial charge in [-0.25, -0.2) is 4.98 Å². The van der Waals surface area contributed by atoms with Crippen LogP contribution in [0.1, 0.15) is 30.4 Å². The van der Waals surface area contributed by atoms with Gasteiger partial charge in [0.1, 0.15) is 11.6 Å². The van der Waals surface area contributed by atoms with Crippen molar-refractivity contribution in [3.05, 3.63) is 47.7 Å². The zero-order valence-corrected chi connectivity index (χ0v) is 15.0. The summed E-state index contributed by atoms with van der Waals surface area (Å²) in [4.78, 5) is 28.1. The first kappa shape index (κ1) is 17.9. The summed E-state index contributed by atoms with van der Waals surface area (Å²) in [5.74, 6) is 0.987. The number of carbonyl (C=O) groups is 2. The lowest BCUT2D eigenvalue weighted by Crippen LogP contribution is -2.28. The van der Waals surface area contributed by atoms with E-state index in [0.717, 1.165) is 30.4 Å². The van der Waals surface area contributed by atoms with Crippen molar-refractivity contribution in [2.75, 3.05) is 17.2 Å². The molecule has 0 radical (unpaired) electrons. The third-order valence-electron chi connectivity index (χ3n) is 4.48. The summed E-state index contributed by atoms with van der Waals surface area (Å²) in [5, 5.41) is 5.53. The van der Waals surface area contributed by atoms with Crippen molar-refractivity contribution in [1.82, 2.24) is 4.98 Å². The Bertz CT molecular complexity index is 798. The summed E-state index contributed by atoms with van der Waals surface area (Å²) in [6.45, 7) is 3.82. The van der Waals surface area contributed by atoms with Crippen LogP contribution in [0, 0.1) is 19.8 Å². The second kappa shape index (κ2) is 7.99. The molecule has 1 heterocycles. The summed E-state index contributed by atoms with van der Waals surface area (Å²) < 4.78 is 5.58. The molecule has 136 valence electrons. The van der Waals surface area contributed by atoms with Crippen molar-refractivity contribution >= 4 is 23.3 Å². The van der Waals surface area contributed by atoms with Crippen molar-refractivity contribution in [3.63, 3.8) is 0 Å². The average molecular weight is 353 g/mol. The quantitative estimate of drug-likeness (QED) is 0.833. The predicted octanol–water partition coefficient (Wildman–Crippen LogP) is 3.45. The minimum absolute atomic E-state index is 0.0387. The van der Waals surface area contributed by atoms with Gasteiger partial charge in [0.25, 0.3) is 5.91 Å². The van der Waals surface area contributed by atoms with Gasteiger partial charge >= 0.3 is 0 Å². The van der Waals surface area contributed by atoms with Crippen LogP contribution in [0.2, 0.25) is 0 Å². The van der Waals surface area contributed by atoms with Crippen molar-refractivity contribution in [3.8, 4) is 5.75 Å². The molecule has 0 bridgehead atoms. The number of aryl methyl sites for hydroxylation is 2. The highest BCUT2D eigenvalue weighted by atomic mass is 16.5. The summed E-state index contributed by atoms with van der Waals surface area (Å²) in [6.07, 6.45) is 4.56. The van der Waals surface area contributed by atoms with E-state index in [1.54, 1.807) is 12.1 Å². The third-order valence-corrected chi connectivity index (χ3v) is 4.48. The van der Waals surface area contributed by atoms with Crippen LogP contribution >= 0.6 is 0 Å². The average Bonchev–Trinajstić information content (AvgIpc) is 2.56. The number of nitrogens with one attached hydrogen (secondary N) is 2. The third kappa shape index (κ3) is 4.59. The van der Waals surface area contributed by atoms with Gasteiger partial charge in [-0.15, -0.1) is 0 Å². The molecule has 0 spiro atoms. The Labute approximate surface area is 153 Å². The van der Waals surface area contributed by atoms with Gasteiger partial charge in [0.2, 0.25) is 5.91 Å². The minimum atomic E-state index is -0.287. The van der Waals surface area contributed by atoms with Crippen LogP contribution in [-0.4, -0.2) is 23.4 Å². The fraction of sp³-hybridized carbons (Fsp3) is 0.350. The fourth-order valence-electron chi connectivity index (χ4n) is 2.64. The largest absolute Gasteiger partial charge is 0.483 e. The van der Waals surface area contributed by atoms with Gasteiger partial charge in [0.15, 0.2) is 6.61 Å². The van der Waals surface area contributed by atoms with E-state index >= 15 is 0 Å². The molecule has 1 aromatic heterocycles. The molecule has 0 atom stereocenters. The molecule has 3 rings (SSSR count). The molecule has 6 heteroatoms. The number of rotatable bonds is 6. The maximum Gasteiger partial charge on any atom is 0.263 e. The van der Waals surface area contributed by atoms with Gasteiger partial charge < -0.3 is 15.4 Å². The standard InChI is InChI=1S/C20H23N3O3/c1-13-6-7-14(2)17(10-13)26-12-19(24)23-18-9-8-16(11-21-18)22-20(25)15-4-3-5-15/h6-11,15H,3-5,12H2,1-2H3,(H,22,25)(H,21,23,24). The number of pyridine rings is 1. The highest BCUT2D eigenvalue weighted by Gasteiger charge is 2.25. The maximum atomic E-state index is 12.0. The number of nitrogens with zero attached hydrogens (tertiary/aromatic N) is 1. The molecule has 1 aliphatic carbocycles. The first-order valence-electron chi connectivity index (χ1n) is 8.78. The molecule has 0 unspecified atom stereocenters. The van der Waals surface area contributed by atoms with Crippen molar-refractivity contribution in [2.24, 2.45) is 5.92 Å². The smallest absolute Gasteiger partial charge is 0.263 e. The van der Waals surface area contributed by atoms with Crippen LogP contribution in [0.5, 0.6) is 5.75 Å². The van der Waals surface area contributed by atoms with E-state index in [4.69, 9.17) is 4.74 Å². The van der Waals surface area contributed by atoms with Crippen LogP contribution < -0.4 is 15.4 Å². The molecule has 1 fully saturated rings. The summed E-state index contributed by atoms with van der Waals surface area (Å²) in [6, 6.07) is 9.25. The number of anilines is 2. The van der Waals surface area contributed by atoms with Gasteiger partial charge in [0.05, 0.1) is 11.9 Å². The Hall–Kier alpha value is -2.89. The van der Waals surface area contributed by atoms with E-state index in [1.165, 1.54) is 6.20 Å². The molecule has 26 heavy (non-hydrogen) atoms. The zero-order chi connectivity index (χ0) is 18.5. The number of amides is 2. The van der Waals surface area contributed by atoms with E-state index in [2.05, 4.69) is 15.6 Å². The first-order chi connectivity index (χ1) is 12.5. The molecule has 2 N–H and O–H groups in total. The number of hydrogen-bond donors (Lipinski definition) is 2. The SMILES string of the molecule is Cc1ccc(C)c(OCC(=O)Nc2ccc(NC(=O)C3CCC3)cn2)c1. The van der Waals surface area contributed by atoms with Crippen LogP contribution in [0.3, 0.4) is 0 Å². The van der Waals surface area contributed by atoms with Gasteiger partial charge in [-0.1, -0.05) is 18.6 Å².